The van der Waals surface area contributed by atoms with Crippen LogP contribution >= 0.6 is 7.60 Å². The first-order valence-corrected chi connectivity index (χ1v) is 7.52. The number of esters is 1. The topological polar surface area (TPSA) is 103 Å². The average molecular weight is 310 g/mol. The molecular formula is C10H19N2O7P. The Balaban J connectivity index is 2.81. The zero-order valence-electron chi connectivity index (χ0n) is 11.7. The second kappa shape index (κ2) is 7.58. The van der Waals surface area contributed by atoms with E-state index in [-0.39, 0.29) is 0 Å². The van der Waals surface area contributed by atoms with E-state index >= 15 is 0 Å². The third-order valence-electron chi connectivity index (χ3n) is 2.81. The van der Waals surface area contributed by atoms with Gasteiger partial charge in [0, 0.05) is 27.3 Å². The van der Waals surface area contributed by atoms with E-state index in [2.05, 4.69) is 10.1 Å². The second-order valence-corrected chi connectivity index (χ2v) is 6.21. The van der Waals surface area contributed by atoms with Crippen molar-refractivity contribution in [3.8, 4) is 0 Å². The van der Waals surface area contributed by atoms with Crippen molar-refractivity contribution in [2.24, 2.45) is 0 Å². The Labute approximate surface area is 117 Å². The monoisotopic (exact) mass is 310 g/mol. The summed E-state index contributed by atoms with van der Waals surface area (Å²) in [6, 6.07) is -0.557. The Bertz CT molecular complexity index is 389. The molecule has 116 valence electrons. The lowest BCUT2D eigenvalue weighted by Crippen LogP contribution is -2.51. The number of morpholine rings is 1. The largest absolute Gasteiger partial charge is 0.467 e. The minimum absolute atomic E-state index is 0.379. The first-order valence-electron chi connectivity index (χ1n) is 5.90. The molecule has 1 heterocycles. The van der Waals surface area contributed by atoms with Gasteiger partial charge in [0.05, 0.1) is 20.3 Å². The summed E-state index contributed by atoms with van der Waals surface area (Å²) < 4.78 is 31.4. The summed E-state index contributed by atoms with van der Waals surface area (Å²) in [5.74, 6) is -2.42. The maximum Gasteiger partial charge on any atom is 0.363 e. The molecule has 10 heteroatoms. The lowest BCUT2D eigenvalue weighted by Gasteiger charge is -2.30. The normalized spacial score (nSPS) is 17.4. The molecule has 1 unspecified atom stereocenters. The summed E-state index contributed by atoms with van der Waals surface area (Å²) >= 11 is 0. The summed E-state index contributed by atoms with van der Waals surface area (Å²) in [4.78, 5) is 25.1. The van der Waals surface area contributed by atoms with E-state index in [0.717, 1.165) is 21.3 Å². The van der Waals surface area contributed by atoms with Crippen molar-refractivity contribution in [1.29, 1.82) is 0 Å². The molecule has 0 aromatic carbocycles. The van der Waals surface area contributed by atoms with Gasteiger partial charge in [-0.3, -0.25) is 4.57 Å². The number of hydrogen-bond acceptors (Lipinski definition) is 7. The summed E-state index contributed by atoms with van der Waals surface area (Å²) in [7, 11) is -0.464. The van der Waals surface area contributed by atoms with Crippen LogP contribution < -0.4 is 5.32 Å². The maximum atomic E-state index is 12.3. The summed E-state index contributed by atoms with van der Waals surface area (Å²) in [6.07, 6.45) is 0. The van der Waals surface area contributed by atoms with Gasteiger partial charge in [-0.2, -0.15) is 0 Å². The summed E-state index contributed by atoms with van der Waals surface area (Å²) in [6.45, 7) is 1.57. The molecule has 1 saturated heterocycles. The number of carbonyl (C=O) groups is 2. The van der Waals surface area contributed by atoms with Crippen molar-refractivity contribution in [2.75, 3.05) is 47.6 Å². The molecule has 0 spiro atoms. The van der Waals surface area contributed by atoms with Gasteiger partial charge < -0.3 is 28.7 Å². The third kappa shape index (κ3) is 3.92. The van der Waals surface area contributed by atoms with Crippen molar-refractivity contribution in [3.05, 3.63) is 0 Å². The van der Waals surface area contributed by atoms with Gasteiger partial charge in [0.15, 0.2) is 0 Å². The van der Waals surface area contributed by atoms with Gasteiger partial charge in [-0.05, 0) is 0 Å². The summed E-state index contributed by atoms with van der Waals surface area (Å²) in [5, 5.41) is 2.32. The fraction of sp³-hybridized carbons (Fsp3) is 0.800. The van der Waals surface area contributed by atoms with E-state index in [4.69, 9.17) is 13.8 Å². The fourth-order valence-corrected chi connectivity index (χ4v) is 2.84. The van der Waals surface area contributed by atoms with Crippen LogP contribution in [0.15, 0.2) is 0 Å². The second-order valence-electron chi connectivity index (χ2n) is 3.88. The molecule has 2 amide bonds. The van der Waals surface area contributed by atoms with Gasteiger partial charge in [-0.1, -0.05) is 0 Å². The first kappa shape index (κ1) is 16.9. The highest BCUT2D eigenvalue weighted by Crippen LogP contribution is 2.50. The van der Waals surface area contributed by atoms with Crippen LogP contribution in [-0.4, -0.2) is 70.3 Å². The van der Waals surface area contributed by atoms with Crippen LogP contribution in [0.25, 0.3) is 0 Å². The molecule has 1 aliphatic rings. The number of carbonyl (C=O) groups excluding carboxylic acids is 2. The zero-order valence-corrected chi connectivity index (χ0v) is 12.6. The molecule has 1 aliphatic heterocycles. The van der Waals surface area contributed by atoms with Crippen molar-refractivity contribution in [1.82, 2.24) is 10.2 Å². The van der Waals surface area contributed by atoms with E-state index in [0.29, 0.717) is 26.3 Å². The molecule has 20 heavy (non-hydrogen) atoms. The number of amides is 2. The molecule has 1 N–H and O–H groups in total. The Morgan fingerprint density at radius 3 is 2.20 bits per heavy atom. The quantitative estimate of drug-likeness (QED) is 0.563. The van der Waals surface area contributed by atoms with E-state index in [1.165, 1.54) is 4.90 Å². The molecule has 0 radical (unpaired) electrons. The van der Waals surface area contributed by atoms with E-state index < -0.39 is 25.4 Å². The van der Waals surface area contributed by atoms with Crippen LogP contribution in [0.3, 0.4) is 0 Å². The van der Waals surface area contributed by atoms with Crippen LogP contribution in [-0.2, 0) is 27.9 Å². The van der Waals surface area contributed by atoms with E-state index in [1.807, 2.05) is 0 Å². The number of urea groups is 1. The minimum atomic E-state index is -3.83. The van der Waals surface area contributed by atoms with Gasteiger partial charge in [-0.25, -0.2) is 9.59 Å². The van der Waals surface area contributed by atoms with Crippen molar-refractivity contribution < 1.29 is 32.7 Å². The van der Waals surface area contributed by atoms with Crippen LogP contribution in [0.1, 0.15) is 0 Å². The number of nitrogens with zero attached hydrogens (tertiary/aromatic N) is 1. The lowest BCUT2D eigenvalue weighted by atomic mass is 10.4. The van der Waals surface area contributed by atoms with Gasteiger partial charge in [0.1, 0.15) is 0 Å². The highest BCUT2D eigenvalue weighted by molar-refractivity contribution is 7.55. The van der Waals surface area contributed by atoms with Crippen LogP contribution in [0.2, 0.25) is 0 Å². The zero-order chi connectivity index (χ0) is 15.2. The van der Waals surface area contributed by atoms with Gasteiger partial charge >= 0.3 is 19.6 Å². The number of nitrogens with one attached hydrogen (secondary N) is 1. The third-order valence-corrected chi connectivity index (χ3v) is 4.80. The molecule has 0 aliphatic carbocycles. The SMILES string of the molecule is COC(=O)C(NC(=O)N1CCOCC1)P(=O)(OC)OC. The van der Waals surface area contributed by atoms with E-state index in [1.54, 1.807) is 0 Å². The van der Waals surface area contributed by atoms with E-state index in [9.17, 15) is 14.2 Å². The van der Waals surface area contributed by atoms with Gasteiger partial charge in [-0.15, -0.1) is 0 Å². The molecular weight excluding hydrogens is 291 g/mol. The average Bonchev–Trinajstić information content (AvgIpc) is 2.51. The highest BCUT2D eigenvalue weighted by Gasteiger charge is 2.43. The van der Waals surface area contributed by atoms with Crippen LogP contribution in [0.4, 0.5) is 4.79 Å². The number of hydrogen-bond donors (Lipinski definition) is 1. The molecule has 1 atom stereocenters. The molecule has 1 rings (SSSR count). The molecule has 1 fully saturated rings. The van der Waals surface area contributed by atoms with Gasteiger partial charge in [0.25, 0.3) is 0 Å². The highest BCUT2D eigenvalue weighted by atomic mass is 31.2. The van der Waals surface area contributed by atoms with Crippen molar-refractivity contribution in [3.63, 3.8) is 0 Å². The Morgan fingerprint density at radius 1 is 1.20 bits per heavy atom. The summed E-state index contributed by atoms with van der Waals surface area (Å²) in [5.41, 5.74) is 0. The number of ether oxygens (including phenoxy) is 2. The molecule has 9 nitrogen and oxygen atoms in total. The van der Waals surface area contributed by atoms with Crippen LogP contribution in [0, 0.1) is 0 Å². The smallest absolute Gasteiger partial charge is 0.363 e. The number of rotatable bonds is 5. The van der Waals surface area contributed by atoms with Crippen LogP contribution in [0.5, 0.6) is 0 Å². The standard InChI is InChI=1S/C10H19N2O7P/c1-16-9(13)8(20(15,17-2)18-3)11-10(14)12-4-6-19-7-5-12/h8H,4-7H2,1-3H3,(H,11,14). The predicted molar refractivity (Wildman–Crippen MR) is 68.4 cm³/mol. The van der Waals surface area contributed by atoms with Crippen molar-refractivity contribution in [2.45, 2.75) is 5.78 Å². The minimum Gasteiger partial charge on any atom is -0.467 e. The predicted octanol–water partition coefficient (Wildman–Crippen LogP) is 0.0132. The molecule has 0 saturated carbocycles. The maximum absolute atomic E-state index is 12.3. The Hall–Kier alpha value is -1.15. The Kier molecular flexibility index (Phi) is 6.41. The first-order chi connectivity index (χ1) is 9.48. The van der Waals surface area contributed by atoms with Gasteiger partial charge in [0.2, 0.25) is 5.78 Å². The molecule has 0 bridgehead atoms. The number of methoxy groups -OCH3 is 1. The Morgan fingerprint density at radius 2 is 1.75 bits per heavy atom. The van der Waals surface area contributed by atoms with Crippen molar-refractivity contribution >= 4 is 19.6 Å². The molecule has 0 aromatic rings. The molecule has 0 aromatic heterocycles. The lowest BCUT2D eigenvalue weighted by molar-refractivity contribution is -0.141. The fourth-order valence-electron chi connectivity index (χ4n) is 1.64.